The molecule has 1 fully saturated rings. The molecule has 0 unspecified atom stereocenters. The molecule has 0 saturated carbocycles. The first kappa shape index (κ1) is 22.2. The molecule has 0 aliphatic carbocycles. The lowest BCUT2D eigenvalue weighted by Gasteiger charge is -2.26. The van der Waals surface area contributed by atoms with Crippen molar-refractivity contribution in [1.82, 2.24) is 19.2 Å². The number of halogens is 1. The minimum Gasteiger partial charge on any atom is -0.505 e. The van der Waals surface area contributed by atoms with Gasteiger partial charge >= 0.3 is 0 Å². The quantitative estimate of drug-likeness (QED) is 0.331. The number of ketones is 1. The summed E-state index contributed by atoms with van der Waals surface area (Å²) in [4.78, 5) is 34.3. The van der Waals surface area contributed by atoms with Crippen LogP contribution in [0.2, 0.25) is 0 Å². The van der Waals surface area contributed by atoms with Gasteiger partial charge < -0.3 is 14.9 Å². The highest BCUT2D eigenvalue weighted by molar-refractivity contribution is 9.10. The molecular formula is C24H25BrN4O3. The number of carbonyl (C=O) groups excluding carboxylic acids is 2. The number of carbonyl (C=O) groups is 2. The number of nitrogens with zero attached hydrogens (tertiary/aromatic N) is 4. The van der Waals surface area contributed by atoms with Crippen molar-refractivity contribution in [2.45, 2.75) is 19.9 Å². The molecule has 166 valence electrons. The van der Waals surface area contributed by atoms with Gasteiger partial charge in [-0.15, -0.1) is 0 Å². The van der Waals surface area contributed by atoms with E-state index in [9.17, 15) is 14.7 Å². The molecule has 1 N–H and O–H groups in total. The Bertz CT molecular complexity index is 1260. The van der Waals surface area contributed by atoms with Crippen LogP contribution >= 0.6 is 15.9 Å². The monoisotopic (exact) mass is 496 g/mol. The standard InChI is InChI=1S/C24H25BrN4O3/c1-14-7-6-10-28-19(15(2)26-23(14)28)21(30)18-20(16-8-5-9-17(25)13-16)29(12-11-27(3)4)24(32)22(18)31/h5-10,13,20,30H,11-12H2,1-4H3/t20-/m0/s1. The number of Topliss-reactive ketones (excluding diaryl/α,β-unsaturated/α-hetero) is 1. The van der Waals surface area contributed by atoms with Crippen molar-refractivity contribution in [3.05, 3.63) is 75.2 Å². The molecule has 4 rings (SSSR count). The molecule has 2 aromatic heterocycles. The predicted octanol–water partition coefficient (Wildman–Crippen LogP) is 3.70. The maximum atomic E-state index is 13.2. The zero-order valence-electron chi connectivity index (χ0n) is 18.5. The summed E-state index contributed by atoms with van der Waals surface area (Å²) >= 11 is 3.48. The van der Waals surface area contributed by atoms with Crippen LogP contribution in [0.5, 0.6) is 0 Å². The van der Waals surface area contributed by atoms with E-state index >= 15 is 0 Å². The van der Waals surface area contributed by atoms with E-state index in [1.807, 2.05) is 62.3 Å². The van der Waals surface area contributed by atoms with Gasteiger partial charge in [-0.2, -0.15) is 0 Å². The maximum absolute atomic E-state index is 13.2. The highest BCUT2D eigenvalue weighted by Gasteiger charge is 2.46. The molecule has 1 aliphatic rings. The summed E-state index contributed by atoms with van der Waals surface area (Å²) in [5.74, 6) is -1.51. The third-order valence-electron chi connectivity index (χ3n) is 5.74. The Kier molecular flexibility index (Phi) is 5.92. The highest BCUT2D eigenvalue weighted by Crippen LogP contribution is 2.40. The number of fused-ring (bicyclic) bond motifs is 1. The number of likely N-dealkylation sites (tertiary alicyclic amines) is 1. The van der Waals surface area contributed by atoms with E-state index in [0.717, 1.165) is 15.6 Å². The first-order valence-electron chi connectivity index (χ1n) is 10.3. The Hall–Kier alpha value is -2.97. The van der Waals surface area contributed by atoms with Gasteiger partial charge in [0.15, 0.2) is 5.76 Å². The van der Waals surface area contributed by atoms with Crippen LogP contribution in [0, 0.1) is 13.8 Å². The summed E-state index contributed by atoms with van der Waals surface area (Å²) < 4.78 is 2.60. The van der Waals surface area contributed by atoms with Crippen LogP contribution in [0.4, 0.5) is 0 Å². The number of hydrogen-bond acceptors (Lipinski definition) is 5. The Morgan fingerprint density at radius 1 is 1.19 bits per heavy atom. The van der Waals surface area contributed by atoms with Crippen molar-refractivity contribution in [3.8, 4) is 0 Å². The van der Waals surface area contributed by atoms with E-state index in [2.05, 4.69) is 20.9 Å². The van der Waals surface area contributed by atoms with E-state index < -0.39 is 17.7 Å². The van der Waals surface area contributed by atoms with Crippen molar-refractivity contribution >= 4 is 39.0 Å². The fourth-order valence-corrected chi connectivity index (χ4v) is 4.59. The summed E-state index contributed by atoms with van der Waals surface area (Å²) in [5.41, 5.74) is 3.50. The number of aromatic nitrogens is 2. The average Bonchev–Trinajstić information content (AvgIpc) is 3.21. The average molecular weight is 497 g/mol. The first-order valence-corrected chi connectivity index (χ1v) is 11.1. The van der Waals surface area contributed by atoms with Gasteiger partial charge in [-0.05, 0) is 57.3 Å². The summed E-state index contributed by atoms with van der Waals surface area (Å²) in [5, 5.41) is 11.5. The van der Waals surface area contributed by atoms with Crippen LogP contribution in [0.1, 0.15) is 28.6 Å². The molecule has 7 nitrogen and oxygen atoms in total. The lowest BCUT2D eigenvalue weighted by Crippen LogP contribution is -2.35. The number of rotatable bonds is 5. The Morgan fingerprint density at radius 3 is 2.62 bits per heavy atom. The minimum absolute atomic E-state index is 0.0817. The SMILES string of the molecule is Cc1nc2c(C)cccn2c1C(O)=C1C(=O)C(=O)N(CCN(C)C)[C@H]1c1cccc(Br)c1. The van der Waals surface area contributed by atoms with Crippen molar-refractivity contribution in [3.63, 3.8) is 0 Å². The molecule has 3 heterocycles. The molecule has 0 bridgehead atoms. The summed E-state index contributed by atoms with van der Waals surface area (Å²) in [6.45, 7) is 4.67. The normalized spacial score (nSPS) is 18.3. The van der Waals surface area contributed by atoms with Gasteiger partial charge in [0.1, 0.15) is 11.3 Å². The molecule has 1 saturated heterocycles. The van der Waals surface area contributed by atoms with Gasteiger partial charge in [-0.1, -0.05) is 34.1 Å². The van der Waals surface area contributed by atoms with Gasteiger partial charge in [-0.25, -0.2) is 4.98 Å². The van der Waals surface area contributed by atoms with Gasteiger partial charge in [0.05, 0.1) is 17.3 Å². The molecule has 1 aromatic carbocycles. The number of aliphatic hydroxyl groups excluding tert-OH is 1. The van der Waals surface area contributed by atoms with E-state index in [1.165, 1.54) is 0 Å². The van der Waals surface area contributed by atoms with Crippen molar-refractivity contribution in [2.24, 2.45) is 0 Å². The maximum Gasteiger partial charge on any atom is 0.295 e. The third kappa shape index (κ3) is 3.73. The predicted molar refractivity (Wildman–Crippen MR) is 126 cm³/mol. The van der Waals surface area contributed by atoms with Crippen LogP contribution in [-0.4, -0.2) is 63.2 Å². The van der Waals surface area contributed by atoms with Gasteiger partial charge in [0.2, 0.25) is 0 Å². The molecule has 8 heteroatoms. The van der Waals surface area contributed by atoms with Crippen LogP contribution in [0.3, 0.4) is 0 Å². The summed E-state index contributed by atoms with van der Waals surface area (Å²) in [7, 11) is 3.82. The summed E-state index contributed by atoms with van der Waals surface area (Å²) in [6, 6.07) is 10.6. The first-order chi connectivity index (χ1) is 15.2. The summed E-state index contributed by atoms with van der Waals surface area (Å²) in [6.07, 6.45) is 1.80. The molecule has 0 radical (unpaired) electrons. The zero-order chi connectivity index (χ0) is 23.2. The second kappa shape index (κ2) is 8.52. The van der Waals surface area contributed by atoms with Crippen molar-refractivity contribution < 1.29 is 14.7 Å². The molecule has 1 aliphatic heterocycles. The van der Waals surface area contributed by atoms with Crippen LogP contribution in [0.15, 0.2) is 52.6 Å². The Labute approximate surface area is 195 Å². The van der Waals surface area contributed by atoms with Crippen molar-refractivity contribution in [1.29, 1.82) is 0 Å². The number of benzene rings is 1. The van der Waals surface area contributed by atoms with Gasteiger partial charge in [-0.3, -0.25) is 14.0 Å². The highest BCUT2D eigenvalue weighted by atomic mass is 79.9. The number of imidazole rings is 1. The van der Waals surface area contributed by atoms with Crippen LogP contribution < -0.4 is 0 Å². The Balaban J connectivity index is 1.95. The zero-order valence-corrected chi connectivity index (χ0v) is 20.0. The molecule has 3 aromatic rings. The van der Waals surface area contributed by atoms with Crippen LogP contribution in [0.25, 0.3) is 11.4 Å². The van der Waals surface area contributed by atoms with Crippen LogP contribution in [-0.2, 0) is 9.59 Å². The number of aliphatic hydroxyl groups is 1. The smallest absolute Gasteiger partial charge is 0.295 e. The third-order valence-corrected chi connectivity index (χ3v) is 6.23. The van der Waals surface area contributed by atoms with E-state index in [0.29, 0.717) is 30.1 Å². The van der Waals surface area contributed by atoms with E-state index in [4.69, 9.17) is 0 Å². The van der Waals surface area contributed by atoms with Gasteiger partial charge in [0, 0.05) is 23.8 Å². The lowest BCUT2D eigenvalue weighted by molar-refractivity contribution is -0.140. The van der Waals surface area contributed by atoms with E-state index in [1.54, 1.807) is 22.4 Å². The molecule has 32 heavy (non-hydrogen) atoms. The van der Waals surface area contributed by atoms with Gasteiger partial charge in [0.25, 0.3) is 11.7 Å². The molecule has 0 spiro atoms. The topological polar surface area (TPSA) is 78.1 Å². The lowest BCUT2D eigenvalue weighted by atomic mass is 9.96. The van der Waals surface area contributed by atoms with E-state index in [-0.39, 0.29) is 11.3 Å². The second-order valence-corrected chi connectivity index (χ2v) is 9.20. The number of amides is 1. The number of hydrogen-bond donors (Lipinski definition) is 1. The number of aryl methyl sites for hydroxylation is 2. The molecule has 1 atom stereocenters. The number of likely N-dealkylation sites (N-methyl/N-ethyl adjacent to an activating group) is 1. The largest absolute Gasteiger partial charge is 0.505 e. The molecule has 1 amide bonds. The molecular weight excluding hydrogens is 472 g/mol. The minimum atomic E-state index is -0.692. The Morgan fingerprint density at radius 2 is 1.94 bits per heavy atom. The fraction of sp³-hybridized carbons (Fsp3) is 0.292. The van der Waals surface area contributed by atoms with Crippen molar-refractivity contribution in [2.75, 3.05) is 27.2 Å². The fourth-order valence-electron chi connectivity index (χ4n) is 4.17. The second-order valence-electron chi connectivity index (χ2n) is 8.28. The number of pyridine rings is 1.